The Morgan fingerprint density at radius 1 is 1.06 bits per heavy atom. The largest absolute Gasteiger partial charge is 0.435 e. The number of benzene rings is 1. The molecule has 0 radical (unpaired) electrons. The minimum absolute atomic E-state index is 0.0170. The molecule has 2 N–H and O–H groups in total. The van der Waals surface area contributed by atoms with Gasteiger partial charge in [0.05, 0.1) is 0 Å². The molecule has 0 bridgehead atoms. The Balaban J connectivity index is 1.32. The molecule has 1 aliphatic rings. The number of carbonyl (C=O) groups is 2. The molecule has 0 atom stereocenters. The lowest BCUT2D eigenvalue weighted by Crippen LogP contribution is -2.17. The van der Waals surface area contributed by atoms with Crippen molar-refractivity contribution in [2.45, 2.75) is 37.9 Å². The number of rotatable bonds is 7. The predicted octanol–water partition coefficient (Wildman–Crippen LogP) is 3.79. The second-order valence-corrected chi connectivity index (χ2v) is 7.65. The number of nitrogens with one attached hydrogen (secondary N) is 2. The third kappa shape index (κ3) is 5.16. The monoisotopic (exact) mass is 446 g/mol. The molecule has 3 aromatic rings. The van der Waals surface area contributed by atoms with Crippen molar-refractivity contribution in [1.29, 1.82) is 0 Å². The van der Waals surface area contributed by atoms with Crippen LogP contribution < -0.4 is 10.6 Å². The second kappa shape index (κ2) is 8.48. The summed E-state index contributed by atoms with van der Waals surface area (Å²) in [6.07, 6.45) is -1.20. The number of aryl methyl sites for hydroxylation is 2. The molecule has 1 aliphatic carbocycles. The lowest BCUT2D eigenvalue weighted by molar-refractivity contribution is -0.141. The summed E-state index contributed by atoms with van der Waals surface area (Å²) in [5, 5.41) is 13.1. The zero-order valence-electron chi connectivity index (χ0n) is 17.2. The zero-order valence-corrected chi connectivity index (χ0v) is 17.2. The number of anilines is 2. The topological polar surface area (TPSA) is 93.8 Å². The number of aromatic nitrogens is 4. The fraction of sp³-hybridized carbons (Fsp3) is 0.333. The molecule has 0 saturated heterocycles. The van der Waals surface area contributed by atoms with Crippen LogP contribution in [0.4, 0.5) is 24.5 Å². The summed E-state index contributed by atoms with van der Waals surface area (Å²) in [6.45, 7) is 0.0615. The van der Waals surface area contributed by atoms with Gasteiger partial charge >= 0.3 is 6.18 Å². The van der Waals surface area contributed by atoms with Crippen molar-refractivity contribution in [2.24, 2.45) is 7.05 Å². The summed E-state index contributed by atoms with van der Waals surface area (Å²) in [5.74, 6) is -0.622. The average molecular weight is 446 g/mol. The summed E-state index contributed by atoms with van der Waals surface area (Å²) >= 11 is 0. The van der Waals surface area contributed by atoms with E-state index >= 15 is 0 Å². The number of carbonyl (C=O) groups excluding carboxylic acids is 2. The molecule has 8 nitrogen and oxygen atoms in total. The summed E-state index contributed by atoms with van der Waals surface area (Å²) in [7, 11) is 1.71. The Morgan fingerprint density at radius 2 is 1.72 bits per heavy atom. The first-order valence-electron chi connectivity index (χ1n) is 10.0. The van der Waals surface area contributed by atoms with E-state index in [9.17, 15) is 22.8 Å². The van der Waals surface area contributed by atoms with Crippen LogP contribution in [0.1, 0.15) is 47.1 Å². The van der Waals surface area contributed by atoms with Crippen molar-refractivity contribution < 1.29 is 22.8 Å². The molecular formula is C21H21F3N6O2. The highest BCUT2D eigenvalue weighted by molar-refractivity contribution is 6.03. The molecule has 2 amide bonds. The van der Waals surface area contributed by atoms with Crippen LogP contribution in [0.2, 0.25) is 0 Å². The van der Waals surface area contributed by atoms with E-state index in [1.54, 1.807) is 43.6 Å². The standard InChI is InChI=1S/C21H21F3N6O2/c1-29-10-8-16(27-29)20(32)26-15-6-4-14(5-7-15)25-19(31)9-11-30-17(13-2-3-13)12-18(28-30)21(22,23)24/h4-8,10,12-13H,2-3,9,11H2,1H3,(H,25,31)(H,26,32). The minimum Gasteiger partial charge on any atom is -0.326 e. The predicted molar refractivity (Wildman–Crippen MR) is 110 cm³/mol. The Kier molecular flexibility index (Phi) is 5.72. The first kappa shape index (κ1) is 21.6. The highest BCUT2D eigenvalue weighted by Gasteiger charge is 2.37. The third-order valence-corrected chi connectivity index (χ3v) is 5.02. The first-order valence-corrected chi connectivity index (χ1v) is 10.0. The lowest BCUT2D eigenvalue weighted by Gasteiger charge is -2.09. The maximum atomic E-state index is 13.0. The Morgan fingerprint density at radius 3 is 2.28 bits per heavy atom. The van der Waals surface area contributed by atoms with Crippen LogP contribution in [0.15, 0.2) is 42.6 Å². The minimum atomic E-state index is -4.51. The summed E-state index contributed by atoms with van der Waals surface area (Å²) in [4.78, 5) is 24.4. The fourth-order valence-electron chi connectivity index (χ4n) is 3.26. The molecule has 0 spiro atoms. The van der Waals surface area contributed by atoms with Crippen molar-refractivity contribution in [2.75, 3.05) is 10.6 Å². The molecule has 1 aromatic carbocycles. The summed E-state index contributed by atoms with van der Waals surface area (Å²) in [5.41, 5.74) is 0.915. The average Bonchev–Trinajstić information content (AvgIpc) is 3.32. The number of halogens is 3. The number of hydrogen-bond acceptors (Lipinski definition) is 4. The van der Waals surface area contributed by atoms with E-state index in [0.717, 1.165) is 18.9 Å². The van der Waals surface area contributed by atoms with Crippen LogP contribution in [-0.4, -0.2) is 31.4 Å². The zero-order chi connectivity index (χ0) is 22.9. The number of alkyl halides is 3. The van der Waals surface area contributed by atoms with E-state index < -0.39 is 11.9 Å². The van der Waals surface area contributed by atoms with Gasteiger partial charge in [0.1, 0.15) is 0 Å². The molecule has 32 heavy (non-hydrogen) atoms. The van der Waals surface area contributed by atoms with Crippen molar-refractivity contribution in [3.8, 4) is 0 Å². The molecule has 0 aliphatic heterocycles. The van der Waals surface area contributed by atoms with Crippen LogP contribution in [0, 0.1) is 0 Å². The van der Waals surface area contributed by atoms with E-state index in [-0.39, 0.29) is 36.4 Å². The molecule has 168 valence electrons. The van der Waals surface area contributed by atoms with Gasteiger partial charge in [-0.05, 0) is 49.2 Å². The fourth-order valence-corrected chi connectivity index (χ4v) is 3.26. The normalized spacial score (nSPS) is 13.8. The van der Waals surface area contributed by atoms with E-state index in [1.807, 2.05) is 0 Å². The van der Waals surface area contributed by atoms with Gasteiger partial charge in [0.25, 0.3) is 5.91 Å². The van der Waals surface area contributed by atoms with Gasteiger partial charge in [-0.25, -0.2) is 0 Å². The van der Waals surface area contributed by atoms with Crippen molar-refractivity contribution >= 4 is 23.2 Å². The molecule has 4 rings (SSSR count). The molecular weight excluding hydrogens is 425 g/mol. The SMILES string of the molecule is Cn1ccc(C(=O)Nc2ccc(NC(=O)CCn3nc(C(F)(F)F)cc3C3CC3)cc2)n1. The van der Waals surface area contributed by atoms with Crippen molar-refractivity contribution in [3.05, 3.63) is 59.7 Å². The van der Waals surface area contributed by atoms with Gasteiger partial charge in [-0.2, -0.15) is 23.4 Å². The first-order chi connectivity index (χ1) is 15.2. The Hall–Kier alpha value is -3.63. The molecule has 0 unspecified atom stereocenters. The third-order valence-electron chi connectivity index (χ3n) is 5.02. The van der Waals surface area contributed by atoms with E-state index in [4.69, 9.17) is 0 Å². The van der Waals surface area contributed by atoms with Gasteiger partial charge in [-0.3, -0.25) is 19.0 Å². The van der Waals surface area contributed by atoms with Crippen molar-refractivity contribution in [1.82, 2.24) is 19.6 Å². The maximum absolute atomic E-state index is 13.0. The van der Waals surface area contributed by atoms with Gasteiger partial charge in [-0.1, -0.05) is 0 Å². The number of nitrogens with zero attached hydrogens (tertiary/aromatic N) is 4. The number of hydrogen-bond donors (Lipinski definition) is 2. The Labute approximate surface area is 181 Å². The van der Waals surface area contributed by atoms with Crippen LogP contribution >= 0.6 is 0 Å². The van der Waals surface area contributed by atoms with Gasteiger partial charge in [0.15, 0.2) is 11.4 Å². The van der Waals surface area contributed by atoms with Gasteiger partial charge < -0.3 is 10.6 Å². The van der Waals surface area contributed by atoms with Gasteiger partial charge in [0, 0.05) is 49.2 Å². The van der Waals surface area contributed by atoms with Gasteiger partial charge in [-0.15, -0.1) is 0 Å². The molecule has 1 fully saturated rings. The lowest BCUT2D eigenvalue weighted by atomic mass is 10.2. The van der Waals surface area contributed by atoms with Crippen LogP contribution in [0.3, 0.4) is 0 Å². The molecule has 2 heterocycles. The van der Waals surface area contributed by atoms with E-state index in [0.29, 0.717) is 17.1 Å². The molecule has 2 aromatic heterocycles. The van der Waals surface area contributed by atoms with E-state index in [1.165, 1.54) is 9.36 Å². The highest BCUT2D eigenvalue weighted by Crippen LogP contribution is 2.42. The second-order valence-electron chi connectivity index (χ2n) is 7.65. The van der Waals surface area contributed by atoms with Crippen LogP contribution in [-0.2, 0) is 24.6 Å². The maximum Gasteiger partial charge on any atom is 0.435 e. The van der Waals surface area contributed by atoms with Crippen LogP contribution in [0.25, 0.3) is 0 Å². The molecule has 11 heteroatoms. The summed E-state index contributed by atoms with van der Waals surface area (Å²) < 4.78 is 41.7. The highest BCUT2D eigenvalue weighted by atomic mass is 19.4. The quantitative estimate of drug-likeness (QED) is 0.577. The number of amides is 2. The van der Waals surface area contributed by atoms with Gasteiger partial charge in [0.2, 0.25) is 5.91 Å². The smallest absolute Gasteiger partial charge is 0.326 e. The van der Waals surface area contributed by atoms with Crippen LogP contribution in [0.5, 0.6) is 0 Å². The van der Waals surface area contributed by atoms with Crippen molar-refractivity contribution in [3.63, 3.8) is 0 Å². The van der Waals surface area contributed by atoms with E-state index in [2.05, 4.69) is 20.8 Å². The Bertz CT molecular complexity index is 1130. The molecule has 1 saturated carbocycles. The summed E-state index contributed by atoms with van der Waals surface area (Å²) in [6, 6.07) is 9.17.